The van der Waals surface area contributed by atoms with Crippen molar-refractivity contribution in [3.05, 3.63) is 53.3 Å². The van der Waals surface area contributed by atoms with Gasteiger partial charge in [-0.1, -0.05) is 41.9 Å². The third-order valence-corrected chi connectivity index (χ3v) is 5.46. The molecule has 2 aromatic carbocycles. The molecule has 3 rings (SSSR count). The van der Waals surface area contributed by atoms with Gasteiger partial charge in [0.05, 0.1) is 18.3 Å². The summed E-state index contributed by atoms with van der Waals surface area (Å²) in [5.74, 6) is -0.946. The number of carbonyl (C=O) groups excluding carboxylic acids is 1. The molecule has 2 aromatic rings. The molecular weight excluding hydrogens is 467 g/mol. The maximum atomic E-state index is 15.3. The summed E-state index contributed by atoms with van der Waals surface area (Å²) in [6.45, 7) is 4.12. The Morgan fingerprint density at radius 3 is 2.36 bits per heavy atom. The summed E-state index contributed by atoms with van der Waals surface area (Å²) < 4.78 is 76.8. The Balaban J connectivity index is 1.96. The molecule has 10 heteroatoms. The maximum Gasteiger partial charge on any atom is 0.410 e. The summed E-state index contributed by atoms with van der Waals surface area (Å²) >= 11 is 6.12. The third kappa shape index (κ3) is 5.88. The molecule has 0 radical (unpaired) electrons. The van der Waals surface area contributed by atoms with Crippen molar-refractivity contribution in [1.82, 2.24) is 4.90 Å². The van der Waals surface area contributed by atoms with E-state index in [2.05, 4.69) is 5.32 Å². The van der Waals surface area contributed by atoms with Crippen LogP contribution in [0.4, 0.5) is 32.4 Å². The molecule has 0 saturated carbocycles. The largest absolute Gasteiger partial charge is 0.444 e. The SMILES string of the molecule is CC(C)(C)OC(=O)N1C[C@H](F)C[C@H]1C(Nc1cccc(-c2ccccc2Cl)c1F)C(F)(F)F. The Hall–Kier alpha value is -2.55. The molecule has 1 N–H and O–H groups in total. The normalized spacial score (nSPS) is 20.0. The molecule has 33 heavy (non-hydrogen) atoms. The molecule has 0 bridgehead atoms. The number of anilines is 1. The van der Waals surface area contributed by atoms with Crippen LogP contribution in [-0.4, -0.2) is 47.6 Å². The Kier molecular flexibility index (Phi) is 7.12. The number of halogens is 6. The minimum atomic E-state index is -4.91. The molecule has 1 amide bonds. The van der Waals surface area contributed by atoms with E-state index in [1.807, 2.05) is 0 Å². The first-order chi connectivity index (χ1) is 15.3. The van der Waals surface area contributed by atoms with Crippen LogP contribution in [0.5, 0.6) is 0 Å². The molecule has 0 aromatic heterocycles. The highest BCUT2D eigenvalue weighted by molar-refractivity contribution is 6.33. The van der Waals surface area contributed by atoms with Crippen molar-refractivity contribution in [1.29, 1.82) is 0 Å². The van der Waals surface area contributed by atoms with Crippen LogP contribution in [-0.2, 0) is 4.74 Å². The molecule has 180 valence electrons. The minimum Gasteiger partial charge on any atom is -0.444 e. The predicted octanol–water partition coefficient (Wildman–Crippen LogP) is 6.84. The summed E-state index contributed by atoms with van der Waals surface area (Å²) in [6.07, 6.45) is -8.22. The Morgan fingerprint density at radius 2 is 1.76 bits per heavy atom. The van der Waals surface area contributed by atoms with Crippen LogP contribution in [0.25, 0.3) is 11.1 Å². The highest BCUT2D eigenvalue weighted by Crippen LogP contribution is 2.37. The first-order valence-electron chi connectivity index (χ1n) is 10.3. The molecule has 1 aliphatic rings. The third-order valence-electron chi connectivity index (χ3n) is 5.13. The van der Waals surface area contributed by atoms with Crippen molar-refractivity contribution in [2.24, 2.45) is 0 Å². The molecule has 1 saturated heterocycles. The van der Waals surface area contributed by atoms with Gasteiger partial charge in [0.1, 0.15) is 17.8 Å². The van der Waals surface area contributed by atoms with E-state index in [4.69, 9.17) is 16.3 Å². The number of benzene rings is 2. The van der Waals surface area contributed by atoms with Gasteiger partial charge in [-0.05, 0) is 32.9 Å². The summed E-state index contributed by atoms with van der Waals surface area (Å²) in [7, 11) is 0. The number of hydrogen-bond donors (Lipinski definition) is 1. The first-order valence-corrected chi connectivity index (χ1v) is 10.7. The maximum absolute atomic E-state index is 15.3. The number of hydrogen-bond acceptors (Lipinski definition) is 3. The minimum absolute atomic E-state index is 0.00492. The summed E-state index contributed by atoms with van der Waals surface area (Å²) in [4.78, 5) is 13.2. The zero-order valence-electron chi connectivity index (χ0n) is 18.2. The van der Waals surface area contributed by atoms with E-state index in [0.717, 1.165) is 11.0 Å². The van der Waals surface area contributed by atoms with Gasteiger partial charge in [0.2, 0.25) is 0 Å². The Morgan fingerprint density at radius 1 is 1.12 bits per heavy atom. The van der Waals surface area contributed by atoms with Crippen molar-refractivity contribution in [3.8, 4) is 11.1 Å². The van der Waals surface area contributed by atoms with Crippen LogP contribution >= 0.6 is 11.6 Å². The fourth-order valence-corrected chi connectivity index (χ4v) is 3.99. The predicted molar refractivity (Wildman–Crippen MR) is 117 cm³/mol. The topological polar surface area (TPSA) is 41.6 Å². The van der Waals surface area contributed by atoms with Gasteiger partial charge < -0.3 is 10.1 Å². The van der Waals surface area contributed by atoms with Crippen LogP contribution in [0.3, 0.4) is 0 Å². The van der Waals surface area contributed by atoms with Gasteiger partial charge in [0.15, 0.2) is 5.82 Å². The second kappa shape index (κ2) is 9.37. The molecule has 4 nitrogen and oxygen atoms in total. The Labute approximate surface area is 193 Å². The van der Waals surface area contributed by atoms with Crippen molar-refractivity contribution in [3.63, 3.8) is 0 Å². The first kappa shape index (κ1) is 25.1. The molecule has 1 aliphatic heterocycles. The van der Waals surface area contributed by atoms with Gasteiger partial charge in [0, 0.05) is 22.6 Å². The average Bonchev–Trinajstić information content (AvgIpc) is 3.07. The van der Waals surface area contributed by atoms with Crippen LogP contribution < -0.4 is 5.32 Å². The quantitative estimate of drug-likeness (QED) is 0.477. The van der Waals surface area contributed by atoms with Crippen LogP contribution in [0.15, 0.2) is 42.5 Å². The highest BCUT2D eigenvalue weighted by atomic mass is 35.5. The lowest BCUT2D eigenvalue weighted by Crippen LogP contribution is -2.53. The number of nitrogens with zero attached hydrogens (tertiary/aromatic N) is 1. The standard InChI is InChI=1S/C23H24ClF5N2O2/c1-22(2,3)33-21(32)31-12-13(25)11-18(31)20(23(27,28)29)30-17-10-6-8-15(19(17)26)14-7-4-5-9-16(14)24/h4-10,13,18,20,30H,11-12H2,1-3H3/t13-,18+,20?/m1/s1. The summed E-state index contributed by atoms with van der Waals surface area (Å²) in [5, 5.41) is 2.40. The zero-order chi connectivity index (χ0) is 24.6. The molecule has 0 spiro atoms. The molecule has 0 aliphatic carbocycles. The van der Waals surface area contributed by atoms with Gasteiger partial charge in [0.25, 0.3) is 0 Å². The van der Waals surface area contributed by atoms with E-state index >= 15 is 4.39 Å². The lowest BCUT2D eigenvalue weighted by atomic mass is 10.0. The van der Waals surface area contributed by atoms with Gasteiger partial charge in [-0.25, -0.2) is 13.6 Å². The number of carbonyl (C=O) groups is 1. The summed E-state index contributed by atoms with van der Waals surface area (Å²) in [5.41, 5.74) is -1.11. The molecular formula is C23H24ClF5N2O2. The van der Waals surface area contributed by atoms with Gasteiger partial charge in [-0.2, -0.15) is 13.2 Å². The van der Waals surface area contributed by atoms with Crippen LogP contribution in [0.2, 0.25) is 5.02 Å². The monoisotopic (exact) mass is 490 g/mol. The fourth-order valence-electron chi connectivity index (χ4n) is 3.75. The Bertz CT molecular complexity index is 1010. The fraction of sp³-hybridized carbons (Fsp3) is 0.435. The lowest BCUT2D eigenvalue weighted by Gasteiger charge is -2.34. The van der Waals surface area contributed by atoms with Gasteiger partial charge in [-0.15, -0.1) is 0 Å². The number of nitrogens with one attached hydrogen (secondary N) is 1. The van der Waals surface area contributed by atoms with Crippen LogP contribution in [0.1, 0.15) is 27.2 Å². The van der Waals surface area contributed by atoms with Gasteiger partial charge in [-0.3, -0.25) is 4.90 Å². The average molecular weight is 491 g/mol. The number of amides is 1. The van der Waals surface area contributed by atoms with E-state index in [-0.39, 0.29) is 10.6 Å². The van der Waals surface area contributed by atoms with Crippen LogP contribution in [0, 0.1) is 5.82 Å². The number of likely N-dealkylation sites (tertiary alicyclic amines) is 1. The van der Waals surface area contributed by atoms with E-state index in [0.29, 0.717) is 5.56 Å². The van der Waals surface area contributed by atoms with Crippen molar-refractivity contribution >= 4 is 23.4 Å². The van der Waals surface area contributed by atoms with Crippen molar-refractivity contribution in [2.75, 3.05) is 11.9 Å². The van der Waals surface area contributed by atoms with Crippen molar-refractivity contribution in [2.45, 2.75) is 57.2 Å². The van der Waals surface area contributed by atoms with E-state index < -0.39 is 60.6 Å². The molecule has 1 unspecified atom stereocenters. The molecule has 1 heterocycles. The smallest absolute Gasteiger partial charge is 0.410 e. The number of ether oxygens (including phenoxy) is 1. The second-order valence-corrected chi connectivity index (χ2v) is 9.25. The van der Waals surface area contributed by atoms with E-state index in [1.165, 1.54) is 18.2 Å². The number of alkyl halides is 4. The van der Waals surface area contributed by atoms with E-state index in [9.17, 15) is 22.4 Å². The molecule has 3 atom stereocenters. The zero-order valence-corrected chi connectivity index (χ0v) is 19.0. The second-order valence-electron chi connectivity index (χ2n) is 8.84. The molecule has 1 fully saturated rings. The highest BCUT2D eigenvalue weighted by Gasteiger charge is 2.52. The lowest BCUT2D eigenvalue weighted by molar-refractivity contribution is -0.153. The van der Waals surface area contributed by atoms with Crippen molar-refractivity contribution < 1.29 is 31.5 Å². The number of rotatable bonds is 4. The summed E-state index contributed by atoms with van der Waals surface area (Å²) in [6, 6.07) is 6.21. The van der Waals surface area contributed by atoms with Gasteiger partial charge >= 0.3 is 12.3 Å². The van der Waals surface area contributed by atoms with E-state index in [1.54, 1.807) is 39.0 Å².